The van der Waals surface area contributed by atoms with Crippen LogP contribution in [0, 0.1) is 0 Å². The number of benzene rings is 3. The second-order valence-electron chi connectivity index (χ2n) is 8.86. The molecule has 3 aromatic rings. The lowest BCUT2D eigenvalue weighted by atomic mass is 9.75. The molecular weight excluding hydrogens is 416 g/mol. The number of aliphatic hydroxyl groups excluding tert-OH is 1. The molecule has 0 aromatic heterocycles. The third kappa shape index (κ3) is 3.03. The zero-order valence-corrected chi connectivity index (χ0v) is 19.1. The molecule has 164 valence electrons. The molecule has 2 heterocycles. The van der Waals surface area contributed by atoms with Crippen LogP contribution in [0.4, 0.5) is 0 Å². The van der Waals surface area contributed by atoms with Crippen molar-refractivity contribution in [3.05, 3.63) is 108 Å². The Balaban J connectivity index is 1.65. The lowest BCUT2D eigenvalue weighted by Crippen LogP contribution is -2.74. The number of amides is 1. The van der Waals surface area contributed by atoms with Crippen LogP contribution in [-0.4, -0.2) is 44.7 Å². The Hall–Kier alpha value is -2.60. The smallest absolute Gasteiger partial charge is 0.244 e. The fourth-order valence-corrected chi connectivity index (χ4v) is 6.79. The van der Waals surface area contributed by atoms with Crippen molar-refractivity contribution in [1.29, 1.82) is 0 Å². The number of hydrogen-bond donors (Lipinski definition) is 2. The molecule has 5 heteroatoms. The summed E-state index contributed by atoms with van der Waals surface area (Å²) in [6.45, 7) is 4.05. The maximum absolute atomic E-state index is 13.5. The Bertz CT molecular complexity index is 996. The van der Waals surface area contributed by atoms with E-state index in [0.717, 1.165) is 16.7 Å². The monoisotopic (exact) mass is 444 g/mol. The Morgan fingerprint density at radius 2 is 1.34 bits per heavy atom. The highest BCUT2D eigenvalue weighted by Gasteiger charge is 2.63. The quantitative estimate of drug-likeness (QED) is 0.446. The van der Waals surface area contributed by atoms with Gasteiger partial charge in [-0.15, -0.1) is 11.8 Å². The minimum absolute atomic E-state index is 0.00911. The zero-order valence-electron chi connectivity index (χ0n) is 18.3. The van der Waals surface area contributed by atoms with Crippen LogP contribution in [0.5, 0.6) is 0 Å². The van der Waals surface area contributed by atoms with Crippen molar-refractivity contribution >= 4 is 17.7 Å². The molecule has 0 aliphatic carbocycles. The second kappa shape index (κ2) is 8.07. The molecule has 0 bridgehead atoms. The molecular formula is C27H28N2O2S. The molecule has 2 aliphatic rings. The molecule has 0 spiro atoms. The molecule has 0 saturated carbocycles. The van der Waals surface area contributed by atoms with Crippen molar-refractivity contribution in [2.75, 3.05) is 6.61 Å². The van der Waals surface area contributed by atoms with Crippen molar-refractivity contribution in [3.8, 4) is 0 Å². The Labute approximate surface area is 193 Å². The fraction of sp³-hybridized carbons (Fsp3) is 0.296. The summed E-state index contributed by atoms with van der Waals surface area (Å²) in [5.41, 5.74) is 2.05. The van der Waals surface area contributed by atoms with E-state index in [1.165, 1.54) is 0 Å². The zero-order chi connectivity index (χ0) is 22.3. The number of carbonyl (C=O) groups is 1. The van der Waals surface area contributed by atoms with Gasteiger partial charge in [0.05, 0.1) is 17.7 Å². The highest BCUT2D eigenvalue weighted by Crippen LogP contribution is 2.51. The first kappa shape index (κ1) is 21.3. The van der Waals surface area contributed by atoms with Gasteiger partial charge in [0.15, 0.2) is 0 Å². The molecule has 2 saturated heterocycles. The van der Waals surface area contributed by atoms with Crippen molar-refractivity contribution < 1.29 is 9.90 Å². The van der Waals surface area contributed by atoms with Gasteiger partial charge in [-0.3, -0.25) is 10.1 Å². The molecule has 0 radical (unpaired) electrons. The van der Waals surface area contributed by atoms with Gasteiger partial charge in [-0.05, 0) is 23.6 Å². The van der Waals surface area contributed by atoms with Gasteiger partial charge in [-0.25, -0.2) is 0 Å². The van der Waals surface area contributed by atoms with Crippen LogP contribution < -0.4 is 5.32 Å². The third-order valence-corrected chi connectivity index (χ3v) is 8.80. The van der Waals surface area contributed by atoms with E-state index in [4.69, 9.17) is 0 Å². The van der Waals surface area contributed by atoms with Crippen LogP contribution >= 0.6 is 11.8 Å². The molecule has 32 heavy (non-hydrogen) atoms. The molecule has 2 aliphatic heterocycles. The van der Waals surface area contributed by atoms with Gasteiger partial charge in [0.2, 0.25) is 5.91 Å². The average molecular weight is 445 g/mol. The van der Waals surface area contributed by atoms with Crippen LogP contribution in [0.1, 0.15) is 30.5 Å². The molecule has 1 amide bonds. The van der Waals surface area contributed by atoms with Gasteiger partial charge in [0, 0.05) is 5.25 Å². The number of carbonyl (C=O) groups excluding carboxylic acids is 1. The number of β-lactam (4-membered cyclic amide) rings is 1. The lowest BCUT2D eigenvalue weighted by Gasteiger charge is -2.52. The standard InChI is InChI=1S/C27H28N2O2S/c1-19-26(2,18-30)29-24(31)23(25(29)32-19)28-27(20-12-6-3-7-13-20,21-14-8-4-9-15-21)22-16-10-5-11-17-22/h3-17,19,23,25,28,30H,18H2,1-2H3. The van der Waals surface area contributed by atoms with Crippen molar-refractivity contribution in [2.24, 2.45) is 0 Å². The SMILES string of the molecule is CC1SC2C(NC(c3ccccc3)(c3ccccc3)c3ccccc3)C(=O)N2C1(C)CO. The summed E-state index contributed by atoms with van der Waals surface area (Å²) in [5, 5.41) is 14.0. The summed E-state index contributed by atoms with van der Waals surface area (Å²) in [6, 6.07) is 30.7. The second-order valence-corrected chi connectivity index (χ2v) is 10.3. The first-order valence-corrected chi connectivity index (χ1v) is 12.0. The van der Waals surface area contributed by atoms with E-state index >= 15 is 0 Å². The maximum atomic E-state index is 13.5. The molecule has 2 N–H and O–H groups in total. The van der Waals surface area contributed by atoms with E-state index in [-0.39, 0.29) is 29.2 Å². The summed E-state index contributed by atoms with van der Waals surface area (Å²) in [5.74, 6) is 0.0515. The van der Waals surface area contributed by atoms with Crippen molar-refractivity contribution in [3.63, 3.8) is 0 Å². The number of fused-ring (bicyclic) bond motifs is 1. The molecule has 4 nitrogen and oxygen atoms in total. The molecule has 2 fully saturated rings. The normalized spacial score (nSPS) is 27.2. The number of hydrogen-bond acceptors (Lipinski definition) is 4. The van der Waals surface area contributed by atoms with E-state index in [0.29, 0.717) is 0 Å². The lowest BCUT2D eigenvalue weighted by molar-refractivity contribution is -0.156. The molecule has 4 atom stereocenters. The van der Waals surface area contributed by atoms with Crippen molar-refractivity contribution in [2.45, 2.75) is 41.6 Å². The van der Waals surface area contributed by atoms with E-state index in [1.807, 2.05) is 66.4 Å². The minimum atomic E-state index is -0.682. The largest absolute Gasteiger partial charge is 0.394 e. The Kier molecular flexibility index (Phi) is 5.36. The van der Waals surface area contributed by atoms with Crippen LogP contribution in [0.25, 0.3) is 0 Å². The Morgan fingerprint density at radius 1 is 0.906 bits per heavy atom. The first-order valence-electron chi connectivity index (χ1n) is 11.1. The van der Waals surface area contributed by atoms with Gasteiger partial charge in [-0.2, -0.15) is 0 Å². The van der Waals surface area contributed by atoms with Gasteiger partial charge >= 0.3 is 0 Å². The van der Waals surface area contributed by atoms with E-state index in [2.05, 4.69) is 48.6 Å². The van der Waals surface area contributed by atoms with E-state index in [9.17, 15) is 9.90 Å². The highest BCUT2D eigenvalue weighted by atomic mass is 32.2. The van der Waals surface area contributed by atoms with Gasteiger partial charge in [0.1, 0.15) is 11.4 Å². The predicted molar refractivity (Wildman–Crippen MR) is 129 cm³/mol. The van der Waals surface area contributed by atoms with Crippen LogP contribution in [0.15, 0.2) is 91.0 Å². The summed E-state index contributed by atoms with van der Waals surface area (Å²) >= 11 is 1.77. The summed E-state index contributed by atoms with van der Waals surface area (Å²) in [4.78, 5) is 15.4. The fourth-order valence-electron chi connectivity index (χ4n) is 5.08. The average Bonchev–Trinajstić information content (AvgIpc) is 3.09. The molecule has 4 unspecified atom stereocenters. The summed E-state index contributed by atoms with van der Waals surface area (Å²) in [7, 11) is 0. The molecule has 5 rings (SSSR count). The topological polar surface area (TPSA) is 52.6 Å². The maximum Gasteiger partial charge on any atom is 0.244 e. The van der Waals surface area contributed by atoms with Gasteiger partial charge in [0.25, 0.3) is 0 Å². The number of aliphatic hydroxyl groups is 1. The first-order chi connectivity index (χ1) is 15.5. The predicted octanol–water partition coefficient (Wildman–Crippen LogP) is 3.99. The summed E-state index contributed by atoms with van der Waals surface area (Å²) in [6.07, 6.45) is 0. The third-order valence-electron chi connectivity index (χ3n) is 7.13. The Morgan fingerprint density at radius 3 is 1.75 bits per heavy atom. The van der Waals surface area contributed by atoms with Crippen molar-refractivity contribution in [1.82, 2.24) is 10.2 Å². The van der Waals surface area contributed by atoms with E-state index in [1.54, 1.807) is 11.8 Å². The highest BCUT2D eigenvalue weighted by molar-refractivity contribution is 8.01. The number of rotatable bonds is 6. The van der Waals surface area contributed by atoms with Gasteiger partial charge in [-0.1, -0.05) is 97.9 Å². The van der Waals surface area contributed by atoms with Crippen LogP contribution in [0.2, 0.25) is 0 Å². The number of thioether (sulfide) groups is 1. The molecule has 3 aromatic carbocycles. The number of nitrogens with zero attached hydrogens (tertiary/aromatic N) is 1. The number of nitrogens with one attached hydrogen (secondary N) is 1. The van der Waals surface area contributed by atoms with Crippen LogP contribution in [-0.2, 0) is 10.3 Å². The summed E-state index contributed by atoms with van der Waals surface area (Å²) < 4.78 is 0. The van der Waals surface area contributed by atoms with Crippen LogP contribution in [0.3, 0.4) is 0 Å². The van der Waals surface area contributed by atoms with E-state index < -0.39 is 11.1 Å². The minimum Gasteiger partial charge on any atom is -0.394 e. The van der Waals surface area contributed by atoms with Gasteiger partial charge < -0.3 is 10.0 Å².